The summed E-state index contributed by atoms with van der Waals surface area (Å²) in [5.41, 5.74) is 2.36. The average molecular weight is 277 g/mol. The summed E-state index contributed by atoms with van der Waals surface area (Å²) in [6.45, 7) is 4.09. The maximum absolute atomic E-state index is 9.41. The molecule has 0 aliphatic carbocycles. The molecule has 0 fully saturated rings. The van der Waals surface area contributed by atoms with Crippen molar-refractivity contribution in [2.75, 3.05) is 6.79 Å². The minimum atomic E-state index is -0.131. The van der Waals surface area contributed by atoms with E-state index in [1.54, 1.807) is 12.1 Å². The molecule has 20 heavy (non-hydrogen) atoms. The smallest absolute Gasteiger partial charge is 0.231 e. The van der Waals surface area contributed by atoms with Crippen molar-refractivity contribution < 1.29 is 23.8 Å². The van der Waals surface area contributed by atoms with Gasteiger partial charge in [0.05, 0.1) is 17.9 Å². The molecule has 1 aromatic heterocycles. The van der Waals surface area contributed by atoms with E-state index < -0.39 is 0 Å². The molecule has 1 aliphatic heterocycles. The monoisotopic (exact) mass is 277 g/mol. The highest BCUT2D eigenvalue weighted by Crippen LogP contribution is 2.38. The Bertz CT molecular complexity index is 615. The maximum atomic E-state index is 9.41. The number of ether oxygens (including phenoxy) is 3. The third-order valence-electron chi connectivity index (χ3n) is 3.28. The molecule has 0 spiro atoms. The van der Waals surface area contributed by atoms with E-state index in [1.165, 1.54) is 0 Å². The summed E-state index contributed by atoms with van der Waals surface area (Å²) in [5.74, 6) is 2.54. The van der Waals surface area contributed by atoms with Gasteiger partial charge in [-0.05, 0) is 19.9 Å². The van der Waals surface area contributed by atoms with Gasteiger partial charge in [0.2, 0.25) is 6.79 Å². The van der Waals surface area contributed by atoms with Gasteiger partial charge >= 0.3 is 0 Å². The molecule has 6 heteroatoms. The van der Waals surface area contributed by atoms with Crippen LogP contribution in [0.15, 0.2) is 16.7 Å². The molecule has 2 aromatic rings. The standard InChI is InChI=1S/C14H15NO5/c1-8-11(9(2)20-15-8)6-17-12-4-14-13(18-7-19-14)3-10(12)5-16/h3-4,16H,5-7H2,1-2H3. The van der Waals surface area contributed by atoms with E-state index in [0.717, 1.165) is 17.0 Å². The lowest BCUT2D eigenvalue weighted by molar-refractivity contribution is 0.173. The number of hydrogen-bond acceptors (Lipinski definition) is 6. The summed E-state index contributed by atoms with van der Waals surface area (Å²) in [7, 11) is 0. The highest BCUT2D eigenvalue weighted by Gasteiger charge is 2.18. The van der Waals surface area contributed by atoms with Crippen LogP contribution in [0.3, 0.4) is 0 Å². The highest BCUT2D eigenvalue weighted by atomic mass is 16.7. The second-order valence-corrected chi connectivity index (χ2v) is 4.56. The quantitative estimate of drug-likeness (QED) is 0.922. The van der Waals surface area contributed by atoms with E-state index in [1.807, 2.05) is 13.8 Å². The predicted octanol–water partition coefficient (Wildman–Crippen LogP) is 2.09. The summed E-state index contributed by atoms with van der Waals surface area (Å²) in [6, 6.07) is 3.46. The number of aliphatic hydroxyl groups is 1. The molecule has 1 N–H and O–H groups in total. The molecule has 3 rings (SSSR count). The van der Waals surface area contributed by atoms with Gasteiger partial charge in [0.15, 0.2) is 11.5 Å². The number of benzene rings is 1. The maximum Gasteiger partial charge on any atom is 0.231 e. The zero-order valence-electron chi connectivity index (χ0n) is 11.3. The van der Waals surface area contributed by atoms with E-state index >= 15 is 0 Å². The second kappa shape index (κ2) is 5.05. The normalized spacial score (nSPS) is 12.8. The Morgan fingerprint density at radius 2 is 2.00 bits per heavy atom. The molecule has 106 valence electrons. The Hall–Kier alpha value is -2.21. The van der Waals surface area contributed by atoms with E-state index in [2.05, 4.69) is 5.16 Å². The molecule has 0 atom stereocenters. The Morgan fingerprint density at radius 1 is 1.25 bits per heavy atom. The van der Waals surface area contributed by atoms with Crippen molar-refractivity contribution >= 4 is 0 Å². The summed E-state index contributed by atoms with van der Waals surface area (Å²) >= 11 is 0. The molecule has 1 aromatic carbocycles. The lowest BCUT2D eigenvalue weighted by Gasteiger charge is -2.11. The van der Waals surface area contributed by atoms with Crippen LogP contribution < -0.4 is 14.2 Å². The van der Waals surface area contributed by atoms with Gasteiger partial charge in [-0.1, -0.05) is 5.16 Å². The molecule has 1 aliphatic rings. The Kier molecular flexibility index (Phi) is 3.23. The first-order valence-electron chi connectivity index (χ1n) is 6.27. The van der Waals surface area contributed by atoms with Gasteiger partial charge in [-0.25, -0.2) is 0 Å². The third-order valence-corrected chi connectivity index (χ3v) is 3.28. The number of rotatable bonds is 4. The van der Waals surface area contributed by atoms with Gasteiger partial charge in [-0.2, -0.15) is 0 Å². The number of aliphatic hydroxyl groups excluding tert-OH is 1. The molecule has 0 amide bonds. The Morgan fingerprint density at radius 3 is 2.65 bits per heavy atom. The largest absolute Gasteiger partial charge is 0.488 e. The number of hydrogen-bond donors (Lipinski definition) is 1. The van der Waals surface area contributed by atoms with Crippen LogP contribution in [0.4, 0.5) is 0 Å². The van der Waals surface area contributed by atoms with Crippen LogP contribution in [-0.4, -0.2) is 17.1 Å². The van der Waals surface area contributed by atoms with Gasteiger partial charge in [-0.3, -0.25) is 0 Å². The first-order chi connectivity index (χ1) is 9.69. The van der Waals surface area contributed by atoms with Crippen LogP contribution in [0.5, 0.6) is 17.2 Å². The van der Waals surface area contributed by atoms with Crippen LogP contribution in [0.1, 0.15) is 22.6 Å². The lowest BCUT2D eigenvalue weighted by atomic mass is 10.2. The Balaban J connectivity index is 1.84. The molecule has 0 saturated carbocycles. The average Bonchev–Trinajstić information content (AvgIpc) is 3.02. The minimum Gasteiger partial charge on any atom is -0.488 e. The molecule has 0 unspecified atom stereocenters. The van der Waals surface area contributed by atoms with Gasteiger partial charge in [-0.15, -0.1) is 0 Å². The van der Waals surface area contributed by atoms with Crippen LogP contribution in [-0.2, 0) is 13.2 Å². The molecule has 6 nitrogen and oxygen atoms in total. The van der Waals surface area contributed by atoms with Gasteiger partial charge in [0, 0.05) is 11.6 Å². The first-order valence-corrected chi connectivity index (χ1v) is 6.27. The number of aromatic nitrogens is 1. The van der Waals surface area contributed by atoms with Gasteiger partial charge < -0.3 is 23.8 Å². The van der Waals surface area contributed by atoms with Crippen molar-refractivity contribution in [2.24, 2.45) is 0 Å². The predicted molar refractivity (Wildman–Crippen MR) is 68.8 cm³/mol. The van der Waals surface area contributed by atoms with Crippen molar-refractivity contribution in [1.29, 1.82) is 0 Å². The molecule has 0 saturated heterocycles. The zero-order chi connectivity index (χ0) is 14.1. The Labute approximate surface area is 115 Å². The van der Waals surface area contributed by atoms with Crippen molar-refractivity contribution in [1.82, 2.24) is 5.16 Å². The van der Waals surface area contributed by atoms with Crippen LogP contribution in [0.2, 0.25) is 0 Å². The minimum absolute atomic E-state index is 0.131. The fourth-order valence-corrected chi connectivity index (χ4v) is 2.08. The lowest BCUT2D eigenvalue weighted by Crippen LogP contribution is -2.00. The summed E-state index contributed by atoms with van der Waals surface area (Å²) < 4.78 is 21.4. The van der Waals surface area contributed by atoms with Crippen molar-refractivity contribution in [3.05, 3.63) is 34.7 Å². The molecular weight excluding hydrogens is 262 g/mol. The SMILES string of the molecule is Cc1noc(C)c1COc1cc2c(cc1CO)OCO2. The van der Waals surface area contributed by atoms with Crippen molar-refractivity contribution in [2.45, 2.75) is 27.1 Å². The van der Waals surface area contributed by atoms with Crippen molar-refractivity contribution in [3.8, 4) is 17.2 Å². The number of aryl methyl sites for hydroxylation is 2. The summed E-state index contributed by atoms with van der Waals surface area (Å²) in [6.07, 6.45) is 0. The molecule has 0 bridgehead atoms. The highest BCUT2D eigenvalue weighted by molar-refractivity contribution is 5.51. The zero-order valence-corrected chi connectivity index (χ0v) is 11.3. The van der Waals surface area contributed by atoms with E-state index in [4.69, 9.17) is 18.7 Å². The summed E-state index contributed by atoms with van der Waals surface area (Å²) in [4.78, 5) is 0. The van der Waals surface area contributed by atoms with E-state index in [0.29, 0.717) is 29.4 Å². The van der Waals surface area contributed by atoms with Crippen LogP contribution in [0, 0.1) is 13.8 Å². The van der Waals surface area contributed by atoms with E-state index in [9.17, 15) is 5.11 Å². The second-order valence-electron chi connectivity index (χ2n) is 4.56. The molecular formula is C14H15NO5. The number of fused-ring (bicyclic) bond motifs is 1. The van der Waals surface area contributed by atoms with Gasteiger partial charge in [0.25, 0.3) is 0 Å². The number of nitrogens with zero attached hydrogens (tertiary/aromatic N) is 1. The van der Waals surface area contributed by atoms with E-state index in [-0.39, 0.29) is 13.4 Å². The fourth-order valence-electron chi connectivity index (χ4n) is 2.08. The van der Waals surface area contributed by atoms with Crippen LogP contribution in [0.25, 0.3) is 0 Å². The molecule has 2 heterocycles. The first kappa shape index (κ1) is 12.8. The van der Waals surface area contributed by atoms with Crippen LogP contribution >= 0.6 is 0 Å². The van der Waals surface area contributed by atoms with Crippen molar-refractivity contribution in [3.63, 3.8) is 0 Å². The fraction of sp³-hybridized carbons (Fsp3) is 0.357. The molecule has 0 radical (unpaired) electrons. The van der Waals surface area contributed by atoms with Gasteiger partial charge in [0.1, 0.15) is 18.1 Å². The topological polar surface area (TPSA) is 74.0 Å². The third kappa shape index (κ3) is 2.18. The summed E-state index contributed by atoms with van der Waals surface area (Å²) in [5, 5.41) is 13.3.